The molecule has 1 rings (SSSR count). The molecule has 0 aliphatic heterocycles. The molecule has 0 unspecified atom stereocenters. The van der Waals surface area contributed by atoms with E-state index in [0.717, 1.165) is 25.7 Å². The van der Waals surface area contributed by atoms with Crippen molar-refractivity contribution >= 4 is 5.78 Å². The number of unbranched alkanes of at least 4 members (excludes halogenated alkanes) is 3. The lowest BCUT2D eigenvalue weighted by atomic mass is 9.99. The average Bonchev–Trinajstić information content (AvgIpc) is 2.40. The Morgan fingerprint density at radius 2 is 1.95 bits per heavy atom. The largest absolute Gasteiger partial charge is 0.491 e. The van der Waals surface area contributed by atoms with Gasteiger partial charge in [-0.25, -0.2) is 4.39 Å². The lowest BCUT2D eigenvalue weighted by Gasteiger charge is -2.10. The molecule has 2 nitrogen and oxygen atoms in total. The summed E-state index contributed by atoms with van der Waals surface area (Å²) in [5.74, 6) is -0.167. The van der Waals surface area contributed by atoms with Crippen molar-refractivity contribution in [2.24, 2.45) is 0 Å². The first-order valence-electron chi connectivity index (χ1n) is 7.06. The Hall–Kier alpha value is -1.38. The van der Waals surface area contributed by atoms with Crippen LogP contribution >= 0.6 is 0 Å². The molecule has 0 fully saturated rings. The van der Waals surface area contributed by atoms with E-state index in [9.17, 15) is 9.18 Å². The van der Waals surface area contributed by atoms with Crippen LogP contribution in [0.15, 0.2) is 12.1 Å². The summed E-state index contributed by atoms with van der Waals surface area (Å²) in [5, 5.41) is 0. The summed E-state index contributed by atoms with van der Waals surface area (Å²) < 4.78 is 19.2. The smallest absolute Gasteiger partial charge is 0.168 e. The highest BCUT2D eigenvalue weighted by molar-refractivity contribution is 5.97. The predicted octanol–water partition coefficient (Wildman–Crippen LogP) is 4.69. The van der Waals surface area contributed by atoms with Gasteiger partial charge in [-0.1, -0.05) is 26.2 Å². The van der Waals surface area contributed by atoms with Crippen molar-refractivity contribution in [3.63, 3.8) is 0 Å². The van der Waals surface area contributed by atoms with Gasteiger partial charge in [-0.05, 0) is 38.0 Å². The summed E-state index contributed by atoms with van der Waals surface area (Å²) in [6.07, 6.45) is 4.71. The van der Waals surface area contributed by atoms with Crippen LogP contribution in [0.3, 0.4) is 0 Å². The Kier molecular flexibility index (Phi) is 6.54. The number of hydrogen-bond donors (Lipinski definition) is 0. The second-order valence-corrected chi connectivity index (χ2v) is 4.72. The molecule has 0 saturated heterocycles. The zero-order valence-electron chi connectivity index (χ0n) is 12.1. The Balaban J connectivity index is 2.72. The molecule has 0 saturated carbocycles. The third-order valence-corrected chi connectivity index (χ3v) is 3.21. The van der Waals surface area contributed by atoms with E-state index in [2.05, 4.69) is 6.92 Å². The SMILES string of the molecule is CCCCCCC(=O)c1ccc(OCC)c(F)c1C. The molecule has 19 heavy (non-hydrogen) atoms. The molecule has 0 radical (unpaired) electrons. The van der Waals surface area contributed by atoms with E-state index in [4.69, 9.17) is 4.74 Å². The summed E-state index contributed by atoms with van der Waals surface area (Å²) in [6, 6.07) is 3.22. The molecule has 0 bridgehead atoms. The van der Waals surface area contributed by atoms with Crippen LogP contribution in [0.25, 0.3) is 0 Å². The Morgan fingerprint density at radius 1 is 1.21 bits per heavy atom. The van der Waals surface area contributed by atoms with Crippen molar-refractivity contribution in [2.75, 3.05) is 6.61 Å². The summed E-state index contributed by atoms with van der Waals surface area (Å²) in [6.45, 7) is 5.99. The highest BCUT2D eigenvalue weighted by Crippen LogP contribution is 2.24. The van der Waals surface area contributed by atoms with Gasteiger partial charge in [0.15, 0.2) is 17.3 Å². The number of halogens is 1. The van der Waals surface area contributed by atoms with Crippen molar-refractivity contribution in [3.05, 3.63) is 29.1 Å². The minimum Gasteiger partial charge on any atom is -0.491 e. The molecule has 0 atom stereocenters. The summed E-state index contributed by atoms with van der Waals surface area (Å²) in [7, 11) is 0. The quantitative estimate of drug-likeness (QED) is 0.504. The fraction of sp³-hybridized carbons (Fsp3) is 0.562. The molecule has 3 heteroatoms. The molecule has 0 aromatic heterocycles. The summed E-state index contributed by atoms with van der Waals surface area (Å²) >= 11 is 0. The van der Waals surface area contributed by atoms with Gasteiger partial charge < -0.3 is 4.74 Å². The van der Waals surface area contributed by atoms with Crippen molar-refractivity contribution in [3.8, 4) is 5.75 Å². The number of ketones is 1. The third-order valence-electron chi connectivity index (χ3n) is 3.21. The topological polar surface area (TPSA) is 26.3 Å². The van der Waals surface area contributed by atoms with Crippen LogP contribution in [-0.4, -0.2) is 12.4 Å². The number of carbonyl (C=O) groups excluding carboxylic acids is 1. The first-order valence-corrected chi connectivity index (χ1v) is 7.06. The average molecular weight is 266 g/mol. The Morgan fingerprint density at radius 3 is 2.58 bits per heavy atom. The summed E-state index contributed by atoms with van der Waals surface area (Å²) in [5.41, 5.74) is 0.879. The third kappa shape index (κ3) is 4.34. The second-order valence-electron chi connectivity index (χ2n) is 4.72. The molecule has 0 N–H and O–H groups in total. The minimum absolute atomic E-state index is 0.0237. The Bertz CT molecular complexity index is 427. The maximum Gasteiger partial charge on any atom is 0.168 e. The normalized spacial score (nSPS) is 10.5. The van der Waals surface area contributed by atoms with E-state index >= 15 is 0 Å². The van der Waals surface area contributed by atoms with Crippen LogP contribution in [0.4, 0.5) is 4.39 Å². The molecular weight excluding hydrogens is 243 g/mol. The van der Waals surface area contributed by atoms with Crippen LogP contribution in [0, 0.1) is 12.7 Å². The minimum atomic E-state index is -0.416. The molecule has 0 heterocycles. The van der Waals surface area contributed by atoms with E-state index in [0.29, 0.717) is 24.2 Å². The Labute approximate surface area is 115 Å². The van der Waals surface area contributed by atoms with Crippen LogP contribution in [0.5, 0.6) is 5.75 Å². The molecule has 106 valence electrons. The van der Waals surface area contributed by atoms with Gasteiger partial charge in [-0.15, -0.1) is 0 Å². The highest BCUT2D eigenvalue weighted by Gasteiger charge is 2.15. The molecular formula is C16H23FO2. The van der Waals surface area contributed by atoms with Crippen LogP contribution in [-0.2, 0) is 0 Å². The summed E-state index contributed by atoms with van der Waals surface area (Å²) in [4.78, 5) is 12.0. The maximum atomic E-state index is 14.0. The van der Waals surface area contributed by atoms with Crippen molar-refractivity contribution in [1.29, 1.82) is 0 Å². The van der Waals surface area contributed by atoms with Crippen LogP contribution in [0.2, 0.25) is 0 Å². The van der Waals surface area contributed by atoms with Gasteiger partial charge in [0.25, 0.3) is 0 Å². The second kappa shape index (κ2) is 7.93. The number of rotatable bonds is 8. The zero-order chi connectivity index (χ0) is 14.3. The zero-order valence-corrected chi connectivity index (χ0v) is 12.1. The van der Waals surface area contributed by atoms with Gasteiger partial charge in [-0.2, -0.15) is 0 Å². The van der Waals surface area contributed by atoms with Gasteiger partial charge in [0, 0.05) is 12.0 Å². The fourth-order valence-electron chi connectivity index (χ4n) is 2.08. The number of carbonyl (C=O) groups is 1. The van der Waals surface area contributed by atoms with E-state index < -0.39 is 5.82 Å². The predicted molar refractivity (Wildman–Crippen MR) is 75.4 cm³/mol. The molecule has 1 aromatic carbocycles. The monoisotopic (exact) mass is 266 g/mol. The van der Waals surface area contributed by atoms with Gasteiger partial charge >= 0.3 is 0 Å². The van der Waals surface area contributed by atoms with E-state index in [1.165, 1.54) is 0 Å². The van der Waals surface area contributed by atoms with E-state index in [1.807, 2.05) is 6.92 Å². The van der Waals surface area contributed by atoms with Crippen molar-refractivity contribution in [1.82, 2.24) is 0 Å². The first kappa shape index (κ1) is 15.7. The lowest BCUT2D eigenvalue weighted by Crippen LogP contribution is -2.05. The molecule has 0 spiro atoms. The van der Waals surface area contributed by atoms with E-state index in [1.54, 1.807) is 19.1 Å². The van der Waals surface area contributed by atoms with E-state index in [-0.39, 0.29) is 11.5 Å². The molecule has 0 aliphatic carbocycles. The highest BCUT2D eigenvalue weighted by atomic mass is 19.1. The fourth-order valence-corrected chi connectivity index (χ4v) is 2.08. The first-order chi connectivity index (χ1) is 9.11. The number of ether oxygens (including phenoxy) is 1. The van der Waals surface area contributed by atoms with Gasteiger partial charge in [0.2, 0.25) is 0 Å². The van der Waals surface area contributed by atoms with Crippen molar-refractivity contribution < 1.29 is 13.9 Å². The van der Waals surface area contributed by atoms with Gasteiger partial charge in [-0.3, -0.25) is 4.79 Å². The van der Waals surface area contributed by atoms with Crippen molar-refractivity contribution in [2.45, 2.75) is 52.9 Å². The van der Waals surface area contributed by atoms with Gasteiger partial charge in [0.1, 0.15) is 0 Å². The number of Topliss-reactive ketones (excluding diaryl/α,β-unsaturated/α-hetero) is 1. The number of hydrogen-bond acceptors (Lipinski definition) is 2. The molecule has 0 aliphatic rings. The molecule has 1 aromatic rings. The van der Waals surface area contributed by atoms with Gasteiger partial charge in [0.05, 0.1) is 6.61 Å². The number of benzene rings is 1. The standard InChI is InChI=1S/C16H23FO2/c1-4-6-7-8-9-14(18)13-10-11-15(19-5-2)16(17)12(13)3/h10-11H,4-9H2,1-3H3. The molecule has 0 amide bonds. The van der Waals surface area contributed by atoms with Crippen LogP contribution < -0.4 is 4.74 Å². The maximum absolute atomic E-state index is 14.0. The van der Waals surface area contributed by atoms with Crippen LogP contribution in [0.1, 0.15) is 61.9 Å². The lowest BCUT2D eigenvalue weighted by molar-refractivity contribution is 0.0978.